The summed E-state index contributed by atoms with van der Waals surface area (Å²) < 4.78 is 5.37. The Kier molecular flexibility index (Phi) is 7.89. The Balaban J connectivity index is 3.20. The minimum atomic E-state index is 0.242. The summed E-state index contributed by atoms with van der Waals surface area (Å²) in [5.74, 6) is 0. The van der Waals surface area contributed by atoms with E-state index in [1.807, 2.05) is 6.92 Å². The lowest BCUT2D eigenvalue weighted by Crippen LogP contribution is -2.23. The highest BCUT2D eigenvalue weighted by Crippen LogP contribution is 2.02. The first-order valence-corrected chi connectivity index (χ1v) is 4.36. The summed E-state index contributed by atoms with van der Waals surface area (Å²) in [4.78, 5) is 0. The van der Waals surface area contributed by atoms with Crippen LogP contribution in [0.1, 0.15) is 26.2 Å². The van der Waals surface area contributed by atoms with Gasteiger partial charge < -0.3 is 16.2 Å². The lowest BCUT2D eigenvalue weighted by atomic mass is 10.1. The first kappa shape index (κ1) is 10.9. The standard InChI is InChI=1S/C8H20N2O/c1-2-11-8(7-10)5-3-4-6-9/h8H,2-7,9-10H2,1H3. The van der Waals surface area contributed by atoms with E-state index >= 15 is 0 Å². The van der Waals surface area contributed by atoms with Gasteiger partial charge in [0.25, 0.3) is 0 Å². The van der Waals surface area contributed by atoms with E-state index in [0.717, 1.165) is 32.4 Å². The Hall–Kier alpha value is -0.120. The van der Waals surface area contributed by atoms with Crippen LogP contribution in [0, 0.1) is 0 Å². The number of hydrogen-bond acceptors (Lipinski definition) is 3. The molecule has 0 amide bonds. The Bertz CT molecular complexity index is 78.5. The van der Waals surface area contributed by atoms with E-state index in [4.69, 9.17) is 16.2 Å². The molecule has 0 spiro atoms. The van der Waals surface area contributed by atoms with Gasteiger partial charge in [-0.2, -0.15) is 0 Å². The third-order valence-electron chi connectivity index (χ3n) is 1.65. The zero-order valence-electron chi connectivity index (χ0n) is 7.38. The topological polar surface area (TPSA) is 61.3 Å². The van der Waals surface area contributed by atoms with Crippen LogP contribution in [0.3, 0.4) is 0 Å². The molecule has 0 saturated heterocycles. The third-order valence-corrected chi connectivity index (χ3v) is 1.65. The van der Waals surface area contributed by atoms with Crippen molar-refractivity contribution in [2.24, 2.45) is 11.5 Å². The molecule has 0 aliphatic carbocycles. The largest absolute Gasteiger partial charge is 0.377 e. The van der Waals surface area contributed by atoms with Crippen molar-refractivity contribution in [2.45, 2.75) is 32.3 Å². The zero-order valence-corrected chi connectivity index (χ0v) is 7.38. The smallest absolute Gasteiger partial charge is 0.0697 e. The van der Waals surface area contributed by atoms with E-state index in [1.165, 1.54) is 0 Å². The van der Waals surface area contributed by atoms with Crippen molar-refractivity contribution in [1.29, 1.82) is 0 Å². The summed E-state index contributed by atoms with van der Waals surface area (Å²) in [5, 5.41) is 0. The molecule has 0 aliphatic rings. The van der Waals surface area contributed by atoms with E-state index < -0.39 is 0 Å². The fourth-order valence-corrected chi connectivity index (χ4v) is 1.02. The van der Waals surface area contributed by atoms with Crippen LogP contribution in [0.4, 0.5) is 0 Å². The summed E-state index contributed by atoms with van der Waals surface area (Å²) >= 11 is 0. The van der Waals surface area contributed by atoms with Gasteiger partial charge in [-0.25, -0.2) is 0 Å². The third kappa shape index (κ3) is 6.28. The highest BCUT2D eigenvalue weighted by atomic mass is 16.5. The van der Waals surface area contributed by atoms with Gasteiger partial charge >= 0.3 is 0 Å². The molecule has 0 bridgehead atoms. The van der Waals surface area contributed by atoms with E-state index in [9.17, 15) is 0 Å². The van der Waals surface area contributed by atoms with Crippen molar-refractivity contribution in [1.82, 2.24) is 0 Å². The van der Waals surface area contributed by atoms with Gasteiger partial charge in [-0.15, -0.1) is 0 Å². The van der Waals surface area contributed by atoms with Gasteiger partial charge in [0, 0.05) is 13.2 Å². The van der Waals surface area contributed by atoms with Gasteiger partial charge in [-0.1, -0.05) is 0 Å². The average Bonchev–Trinajstić information content (AvgIpc) is 2.03. The summed E-state index contributed by atoms with van der Waals surface area (Å²) in [6.07, 6.45) is 3.48. The van der Waals surface area contributed by atoms with Crippen LogP contribution in [-0.2, 0) is 4.74 Å². The van der Waals surface area contributed by atoms with Crippen molar-refractivity contribution in [2.75, 3.05) is 19.7 Å². The second-order valence-electron chi connectivity index (χ2n) is 2.60. The van der Waals surface area contributed by atoms with Crippen molar-refractivity contribution in [3.63, 3.8) is 0 Å². The van der Waals surface area contributed by atoms with Crippen molar-refractivity contribution in [3.05, 3.63) is 0 Å². The molecule has 11 heavy (non-hydrogen) atoms. The van der Waals surface area contributed by atoms with Crippen molar-refractivity contribution >= 4 is 0 Å². The fourth-order valence-electron chi connectivity index (χ4n) is 1.02. The van der Waals surface area contributed by atoms with Gasteiger partial charge in [0.15, 0.2) is 0 Å². The predicted octanol–water partition coefficient (Wildman–Crippen LogP) is 0.479. The minimum absolute atomic E-state index is 0.242. The maximum Gasteiger partial charge on any atom is 0.0697 e. The van der Waals surface area contributed by atoms with Crippen molar-refractivity contribution < 1.29 is 4.74 Å². The molecule has 68 valence electrons. The van der Waals surface area contributed by atoms with Gasteiger partial charge in [0.2, 0.25) is 0 Å². The lowest BCUT2D eigenvalue weighted by Gasteiger charge is -2.13. The molecule has 0 saturated carbocycles. The molecule has 3 nitrogen and oxygen atoms in total. The van der Waals surface area contributed by atoms with Crippen LogP contribution in [0.5, 0.6) is 0 Å². The second-order valence-corrected chi connectivity index (χ2v) is 2.60. The Labute approximate surface area is 69.1 Å². The van der Waals surface area contributed by atoms with Crippen molar-refractivity contribution in [3.8, 4) is 0 Å². The summed E-state index contributed by atoms with van der Waals surface area (Å²) in [7, 11) is 0. The molecule has 1 atom stereocenters. The monoisotopic (exact) mass is 160 g/mol. The van der Waals surface area contributed by atoms with Crippen LogP contribution >= 0.6 is 0 Å². The van der Waals surface area contributed by atoms with E-state index in [0.29, 0.717) is 6.54 Å². The number of nitrogens with two attached hydrogens (primary N) is 2. The molecular formula is C8H20N2O. The van der Waals surface area contributed by atoms with Crippen LogP contribution in [0.25, 0.3) is 0 Å². The zero-order chi connectivity index (χ0) is 8.53. The molecule has 0 radical (unpaired) electrons. The molecule has 0 rings (SSSR count). The normalized spacial score (nSPS) is 13.4. The minimum Gasteiger partial charge on any atom is -0.377 e. The van der Waals surface area contributed by atoms with E-state index in [-0.39, 0.29) is 6.10 Å². The van der Waals surface area contributed by atoms with Gasteiger partial charge in [-0.05, 0) is 32.7 Å². The van der Waals surface area contributed by atoms with Crippen LogP contribution in [0.2, 0.25) is 0 Å². The molecular weight excluding hydrogens is 140 g/mol. The molecule has 0 aromatic heterocycles. The molecule has 3 heteroatoms. The molecule has 4 N–H and O–H groups in total. The Morgan fingerprint density at radius 3 is 2.45 bits per heavy atom. The lowest BCUT2D eigenvalue weighted by molar-refractivity contribution is 0.0613. The predicted molar refractivity (Wildman–Crippen MR) is 47.4 cm³/mol. The molecule has 0 heterocycles. The number of unbranched alkanes of at least 4 members (excludes halogenated alkanes) is 1. The Morgan fingerprint density at radius 2 is 2.00 bits per heavy atom. The van der Waals surface area contributed by atoms with E-state index in [2.05, 4.69) is 0 Å². The average molecular weight is 160 g/mol. The number of ether oxygens (including phenoxy) is 1. The number of hydrogen-bond donors (Lipinski definition) is 2. The quantitative estimate of drug-likeness (QED) is 0.532. The molecule has 1 unspecified atom stereocenters. The number of rotatable bonds is 7. The maximum absolute atomic E-state index is 5.48. The van der Waals surface area contributed by atoms with Crippen LogP contribution < -0.4 is 11.5 Å². The summed E-state index contributed by atoms with van der Waals surface area (Å²) in [6.45, 7) is 4.14. The highest BCUT2D eigenvalue weighted by molar-refractivity contribution is 4.58. The first-order valence-electron chi connectivity index (χ1n) is 4.36. The summed E-state index contributed by atoms with van der Waals surface area (Å²) in [6, 6.07) is 0. The SMILES string of the molecule is CCOC(CN)CCCCN. The van der Waals surface area contributed by atoms with Crippen LogP contribution in [-0.4, -0.2) is 25.8 Å². The Morgan fingerprint density at radius 1 is 1.27 bits per heavy atom. The van der Waals surface area contributed by atoms with Crippen LogP contribution in [0.15, 0.2) is 0 Å². The summed E-state index contributed by atoms with van der Waals surface area (Å²) in [5.41, 5.74) is 10.8. The molecule has 0 fully saturated rings. The van der Waals surface area contributed by atoms with Gasteiger partial charge in [0.1, 0.15) is 0 Å². The first-order chi connectivity index (χ1) is 5.35. The molecule has 0 aromatic carbocycles. The maximum atomic E-state index is 5.48. The fraction of sp³-hybridized carbons (Fsp3) is 1.00. The van der Waals surface area contributed by atoms with Gasteiger partial charge in [-0.3, -0.25) is 0 Å². The van der Waals surface area contributed by atoms with E-state index in [1.54, 1.807) is 0 Å². The highest BCUT2D eigenvalue weighted by Gasteiger charge is 2.03. The second kappa shape index (κ2) is 7.98. The molecule has 0 aromatic rings. The van der Waals surface area contributed by atoms with Gasteiger partial charge in [0.05, 0.1) is 6.10 Å². The molecule has 0 aliphatic heterocycles.